The lowest BCUT2D eigenvalue weighted by molar-refractivity contribution is -0.870. The third-order valence-electron chi connectivity index (χ3n) is 2.17. The maximum atomic E-state index is 10.2. The van der Waals surface area contributed by atoms with Crippen molar-refractivity contribution in [3.05, 3.63) is 0 Å². The van der Waals surface area contributed by atoms with E-state index in [2.05, 4.69) is 28.1 Å². The standard InChI is InChI=1S/C6H15NO3S.C5H14N.CH4/c1-7(2,3)5-4-6-11(8,9)10;1-5-6(2,3)4;/h4-6H2,1-3H3;5H2,1-4H3;1H4/q;+1;. The summed E-state index contributed by atoms with van der Waals surface area (Å²) in [6.07, 6.45) is 0.440. The number of hydrogen-bond acceptors (Lipinski definition) is 3. The second-order valence-electron chi connectivity index (χ2n) is 6.24. The van der Waals surface area contributed by atoms with Crippen molar-refractivity contribution in [2.75, 3.05) is 61.1 Å². The largest absolute Gasteiger partial charge is 0.748 e. The van der Waals surface area contributed by atoms with Crippen LogP contribution >= 0.6 is 0 Å². The summed E-state index contributed by atoms with van der Waals surface area (Å²) in [5, 5.41) is 0. The number of hydrogen-bond donors (Lipinski definition) is 0. The quantitative estimate of drug-likeness (QED) is 0.559. The molecule has 0 fully saturated rings. The Labute approximate surface area is 114 Å². The van der Waals surface area contributed by atoms with Crippen LogP contribution in [0.15, 0.2) is 0 Å². The molecule has 0 atom stereocenters. The molecule has 0 radical (unpaired) electrons. The van der Waals surface area contributed by atoms with Gasteiger partial charge in [-0.15, -0.1) is 0 Å². The van der Waals surface area contributed by atoms with Gasteiger partial charge in [0, 0.05) is 12.2 Å². The zero-order valence-corrected chi connectivity index (χ0v) is 13.2. The molecule has 0 spiro atoms. The van der Waals surface area contributed by atoms with Gasteiger partial charge in [-0.3, -0.25) is 0 Å². The fraction of sp³-hybridized carbons (Fsp3) is 1.00. The van der Waals surface area contributed by atoms with E-state index in [-0.39, 0.29) is 13.2 Å². The number of quaternary nitrogens is 2. The molecule has 0 saturated heterocycles. The lowest BCUT2D eigenvalue weighted by atomic mass is 10.4. The van der Waals surface area contributed by atoms with Gasteiger partial charge in [-0.1, -0.05) is 7.43 Å². The van der Waals surface area contributed by atoms with Gasteiger partial charge < -0.3 is 13.5 Å². The van der Waals surface area contributed by atoms with Crippen molar-refractivity contribution < 1.29 is 21.9 Å². The minimum absolute atomic E-state index is 0. The van der Waals surface area contributed by atoms with Crippen molar-refractivity contribution in [1.82, 2.24) is 0 Å². The summed E-state index contributed by atoms with van der Waals surface area (Å²) < 4.78 is 32.2. The Bertz CT molecular complexity index is 287. The molecular formula is C12H33N2O3S+. The lowest BCUT2D eigenvalue weighted by Gasteiger charge is -2.23. The smallest absolute Gasteiger partial charge is 0.0948 e. The third kappa shape index (κ3) is 29.7. The average Bonchev–Trinajstić information content (AvgIpc) is 1.98. The summed E-state index contributed by atoms with van der Waals surface area (Å²) in [7, 11) is 8.40. The maximum absolute atomic E-state index is 10.2. The fourth-order valence-electron chi connectivity index (χ4n) is 0.716. The molecule has 0 bridgehead atoms. The second kappa shape index (κ2) is 8.85. The SMILES string of the molecule is C.CC[N+](C)(C)C.C[N+](C)(C)CCCS(=O)(=O)[O-]. The van der Waals surface area contributed by atoms with Gasteiger partial charge in [0.1, 0.15) is 0 Å². The Kier molecular flexibility index (Phi) is 11.3. The highest BCUT2D eigenvalue weighted by atomic mass is 32.2. The van der Waals surface area contributed by atoms with Gasteiger partial charge in [0.15, 0.2) is 0 Å². The first-order valence-corrected chi connectivity index (χ1v) is 7.39. The van der Waals surface area contributed by atoms with E-state index in [4.69, 9.17) is 0 Å². The first-order valence-electron chi connectivity index (χ1n) is 5.81. The predicted molar refractivity (Wildman–Crippen MR) is 77.4 cm³/mol. The molecule has 0 aliphatic heterocycles. The van der Waals surface area contributed by atoms with Crippen LogP contribution in [0.25, 0.3) is 0 Å². The molecular weight excluding hydrogens is 252 g/mol. The lowest BCUT2D eigenvalue weighted by Crippen LogP contribution is -2.36. The van der Waals surface area contributed by atoms with E-state index in [0.717, 1.165) is 4.48 Å². The topological polar surface area (TPSA) is 57.2 Å². The number of rotatable bonds is 5. The van der Waals surface area contributed by atoms with Gasteiger partial charge in [-0.2, -0.15) is 0 Å². The zero-order chi connectivity index (χ0) is 14.3. The van der Waals surface area contributed by atoms with Crippen LogP contribution in [0.1, 0.15) is 20.8 Å². The number of nitrogens with zero attached hydrogens (tertiary/aromatic N) is 2. The van der Waals surface area contributed by atoms with Crippen LogP contribution in [0.2, 0.25) is 0 Å². The van der Waals surface area contributed by atoms with Crippen LogP contribution in [0.4, 0.5) is 0 Å². The zero-order valence-electron chi connectivity index (χ0n) is 12.4. The van der Waals surface area contributed by atoms with E-state index in [1.165, 1.54) is 6.54 Å². The van der Waals surface area contributed by atoms with Gasteiger partial charge in [0.25, 0.3) is 0 Å². The predicted octanol–water partition coefficient (Wildman–Crippen LogP) is 0.977. The summed E-state index contributed by atoms with van der Waals surface area (Å²) in [5.74, 6) is -0.248. The van der Waals surface area contributed by atoms with Gasteiger partial charge in [-0.25, -0.2) is 8.42 Å². The van der Waals surface area contributed by atoms with Crippen molar-refractivity contribution in [3.8, 4) is 0 Å². The van der Waals surface area contributed by atoms with Gasteiger partial charge in [0.05, 0.1) is 65.5 Å². The van der Waals surface area contributed by atoms with Crippen LogP contribution in [0.3, 0.4) is 0 Å². The van der Waals surface area contributed by atoms with Crippen LogP contribution in [-0.2, 0) is 10.1 Å². The Morgan fingerprint density at radius 1 is 0.944 bits per heavy atom. The van der Waals surface area contributed by atoms with Crippen molar-refractivity contribution in [3.63, 3.8) is 0 Å². The summed E-state index contributed by atoms with van der Waals surface area (Å²) in [6.45, 7) is 4.10. The molecule has 0 heterocycles. The Morgan fingerprint density at radius 2 is 1.28 bits per heavy atom. The Balaban J connectivity index is -0.000000277. The van der Waals surface area contributed by atoms with E-state index in [1.54, 1.807) is 0 Å². The molecule has 0 unspecified atom stereocenters. The van der Waals surface area contributed by atoms with Crippen molar-refractivity contribution >= 4 is 10.1 Å². The molecule has 0 N–H and O–H groups in total. The summed E-state index contributed by atoms with van der Waals surface area (Å²) >= 11 is 0. The van der Waals surface area contributed by atoms with E-state index in [1.807, 2.05) is 21.1 Å². The summed E-state index contributed by atoms with van der Waals surface area (Å²) in [6, 6.07) is 0. The van der Waals surface area contributed by atoms with Crippen LogP contribution < -0.4 is 0 Å². The Hall–Kier alpha value is -0.170. The molecule has 6 heteroatoms. The maximum Gasteiger partial charge on any atom is 0.0948 e. The molecule has 114 valence electrons. The average molecular weight is 285 g/mol. The summed E-state index contributed by atoms with van der Waals surface area (Å²) in [4.78, 5) is 0. The van der Waals surface area contributed by atoms with E-state index in [9.17, 15) is 13.0 Å². The van der Waals surface area contributed by atoms with Crippen molar-refractivity contribution in [1.29, 1.82) is 0 Å². The Morgan fingerprint density at radius 3 is 1.44 bits per heavy atom. The van der Waals surface area contributed by atoms with Crippen LogP contribution in [-0.4, -0.2) is 83.1 Å². The minimum Gasteiger partial charge on any atom is -0.748 e. The third-order valence-corrected chi connectivity index (χ3v) is 2.96. The second-order valence-corrected chi connectivity index (χ2v) is 7.76. The van der Waals surface area contributed by atoms with Crippen LogP contribution in [0.5, 0.6) is 0 Å². The van der Waals surface area contributed by atoms with Crippen LogP contribution in [0, 0.1) is 0 Å². The monoisotopic (exact) mass is 285 g/mol. The molecule has 0 aromatic heterocycles. The van der Waals surface area contributed by atoms with E-state index in [0.29, 0.717) is 17.4 Å². The molecule has 0 saturated carbocycles. The van der Waals surface area contributed by atoms with E-state index >= 15 is 0 Å². The van der Waals surface area contributed by atoms with Gasteiger partial charge in [0.2, 0.25) is 0 Å². The molecule has 0 aromatic rings. The fourth-order valence-corrected chi connectivity index (χ4v) is 1.20. The van der Waals surface area contributed by atoms with E-state index < -0.39 is 10.1 Å². The molecule has 5 nitrogen and oxygen atoms in total. The van der Waals surface area contributed by atoms with Gasteiger partial charge >= 0.3 is 0 Å². The molecule has 18 heavy (non-hydrogen) atoms. The molecule has 0 aromatic carbocycles. The normalized spacial score (nSPS) is 12.2. The minimum atomic E-state index is -4.01. The summed E-state index contributed by atoms with van der Waals surface area (Å²) in [5.41, 5.74) is 0. The van der Waals surface area contributed by atoms with Crippen molar-refractivity contribution in [2.45, 2.75) is 20.8 Å². The highest BCUT2D eigenvalue weighted by Crippen LogP contribution is 1.95. The van der Waals surface area contributed by atoms with Crippen molar-refractivity contribution in [2.24, 2.45) is 0 Å². The molecule has 0 aliphatic rings. The molecule has 0 aliphatic carbocycles. The first kappa shape index (κ1) is 23.0. The molecule has 0 rings (SSSR count). The first-order chi connectivity index (χ1) is 7.27. The van der Waals surface area contributed by atoms with Gasteiger partial charge in [-0.05, 0) is 6.92 Å². The highest BCUT2D eigenvalue weighted by Gasteiger charge is 2.06. The highest BCUT2D eigenvalue weighted by molar-refractivity contribution is 7.85. The molecule has 0 amide bonds.